The molecule has 1 saturated heterocycles. The quantitative estimate of drug-likeness (QED) is 0.834. The van der Waals surface area contributed by atoms with Crippen LogP contribution in [0.1, 0.15) is 43.2 Å². The second-order valence-electron chi connectivity index (χ2n) is 7.26. The number of nitrogens with one attached hydrogen (secondary N) is 2. The molecule has 1 aromatic rings. The van der Waals surface area contributed by atoms with Crippen LogP contribution >= 0.6 is 12.4 Å². The smallest absolute Gasteiger partial charge is 0.241 e. The van der Waals surface area contributed by atoms with Gasteiger partial charge in [0.05, 0.1) is 11.8 Å². The van der Waals surface area contributed by atoms with Gasteiger partial charge in [0.25, 0.3) is 0 Å². The lowest BCUT2D eigenvalue weighted by atomic mass is 9.85. The molecule has 0 bridgehead atoms. The van der Waals surface area contributed by atoms with Crippen molar-refractivity contribution in [3.63, 3.8) is 0 Å². The van der Waals surface area contributed by atoms with Crippen molar-refractivity contribution >= 4 is 33.8 Å². The molecule has 3 rings (SSSR count). The number of hydrogen-bond donors (Lipinski definition) is 2. The number of sulfone groups is 1. The van der Waals surface area contributed by atoms with E-state index in [4.69, 9.17) is 0 Å². The van der Waals surface area contributed by atoms with Crippen LogP contribution in [-0.2, 0) is 20.4 Å². The van der Waals surface area contributed by atoms with Crippen LogP contribution in [0.2, 0.25) is 0 Å². The summed E-state index contributed by atoms with van der Waals surface area (Å²) in [6, 6.07) is 5.77. The molecule has 140 valence electrons. The van der Waals surface area contributed by atoms with Crippen molar-refractivity contribution in [2.24, 2.45) is 5.92 Å². The normalized spacial score (nSPS) is 25.8. The first-order chi connectivity index (χ1) is 11.3. The number of rotatable bonds is 4. The fourth-order valence-corrected chi connectivity index (χ4v) is 4.88. The van der Waals surface area contributed by atoms with Crippen LogP contribution in [0.15, 0.2) is 18.2 Å². The Bertz CT molecular complexity index is 722. The average Bonchev–Trinajstić information content (AvgIpc) is 2.94. The van der Waals surface area contributed by atoms with Crippen LogP contribution in [0.5, 0.6) is 0 Å². The van der Waals surface area contributed by atoms with E-state index >= 15 is 0 Å². The zero-order valence-corrected chi connectivity index (χ0v) is 16.4. The maximum absolute atomic E-state index is 12.6. The predicted molar refractivity (Wildman–Crippen MR) is 103 cm³/mol. The molecule has 7 heteroatoms. The third-order valence-corrected chi connectivity index (χ3v) is 6.14. The summed E-state index contributed by atoms with van der Waals surface area (Å²) in [5.74, 6) is 0.602. The fraction of sp³-hybridized carbons (Fsp3) is 0.611. The molecule has 1 aliphatic carbocycles. The summed E-state index contributed by atoms with van der Waals surface area (Å²) in [4.78, 5) is 12.6. The van der Waals surface area contributed by atoms with E-state index in [2.05, 4.69) is 10.6 Å². The highest BCUT2D eigenvalue weighted by molar-refractivity contribution is 7.89. The van der Waals surface area contributed by atoms with Crippen molar-refractivity contribution in [2.75, 3.05) is 11.6 Å². The highest BCUT2D eigenvalue weighted by Gasteiger charge is 2.38. The van der Waals surface area contributed by atoms with Gasteiger partial charge >= 0.3 is 0 Å². The van der Waals surface area contributed by atoms with E-state index in [1.54, 1.807) is 12.1 Å². The maximum Gasteiger partial charge on any atom is 0.241 e. The molecular formula is C18H27ClN2O3S. The van der Waals surface area contributed by atoms with Gasteiger partial charge in [0.2, 0.25) is 5.91 Å². The largest absolute Gasteiger partial charge is 0.324 e. The molecule has 3 unspecified atom stereocenters. The number of halogens is 1. The van der Waals surface area contributed by atoms with Gasteiger partial charge in [-0.15, -0.1) is 12.4 Å². The minimum atomic E-state index is -3.10. The van der Waals surface area contributed by atoms with Crippen molar-refractivity contribution in [3.8, 4) is 0 Å². The minimum absolute atomic E-state index is 0. The first kappa shape index (κ1) is 20.2. The molecule has 0 spiro atoms. The van der Waals surface area contributed by atoms with Crippen LogP contribution in [0.25, 0.3) is 0 Å². The number of amides is 1. The summed E-state index contributed by atoms with van der Waals surface area (Å²) in [5.41, 5.74) is 2.27. The van der Waals surface area contributed by atoms with Crippen LogP contribution in [0.4, 0.5) is 5.69 Å². The van der Waals surface area contributed by atoms with Crippen molar-refractivity contribution in [1.29, 1.82) is 0 Å². The van der Waals surface area contributed by atoms with E-state index in [1.807, 2.05) is 13.0 Å². The highest BCUT2D eigenvalue weighted by Crippen LogP contribution is 2.33. The van der Waals surface area contributed by atoms with Crippen LogP contribution in [0, 0.1) is 12.8 Å². The van der Waals surface area contributed by atoms with Crippen molar-refractivity contribution in [1.82, 2.24) is 5.32 Å². The second-order valence-corrected chi connectivity index (χ2v) is 9.40. The Hall–Kier alpha value is -1.11. The summed E-state index contributed by atoms with van der Waals surface area (Å²) >= 11 is 0. The number of benzene rings is 1. The Kier molecular flexibility index (Phi) is 6.51. The van der Waals surface area contributed by atoms with Gasteiger partial charge in [0.1, 0.15) is 0 Å². The lowest BCUT2D eigenvalue weighted by Gasteiger charge is -2.24. The number of hydrogen-bond acceptors (Lipinski definition) is 4. The van der Waals surface area contributed by atoms with Gasteiger partial charge in [-0.25, -0.2) is 8.42 Å². The molecule has 2 fully saturated rings. The molecule has 1 saturated carbocycles. The highest BCUT2D eigenvalue weighted by atomic mass is 35.5. The van der Waals surface area contributed by atoms with Gasteiger partial charge in [-0.05, 0) is 49.3 Å². The molecular weight excluding hydrogens is 360 g/mol. The van der Waals surface area contributed by atoms with Crippen LogP contribution in [-0.4, -0.2) is 32.7 Å². The molecule has 1 amide bonds. The Morgan fingerprint density at radius 1 is 1.28 bits per heavy atom. The molecule has 1 heterocycles. The fourth-order valence-electron chi connectivity index (χ4n) is 4.00. The Labute approximate surface area is 156 Å². The van der Waals surface area contributed by atoms with Gasteiger partial charge in [-0.2, -0.15) is 0 Å². The third kappa shape index (κ3) is 4.96. The molecule has 0 radical (unpaired) electrons. The first-order valence-electron chi connectivity index (χ1n) is 8.66. The molecule has 2 N–H and O–H groups in total. The van der Waals surface area contributed by atoms with E-state index in [-0.39, 0.29) is 30.1 Å². The number of anilines is 1. The number of carbonyl (C=O) groups excluding carboxylic acids is 1. The Morgan fingerprint density at radius 2 is 2.00 bits per heavy atom. The monoisotopic (exact) mass is 386 g/mol. The van der Waals surface area contributed by atoms with Crippen molar-refractivity contribution in [2.45, 2.75) is 56.9 Å². The molecule has 3 atom stereocenters. The summed E-state index contributed by atoms with van der Waals surface area (Å²) in [6.07, 6.45) is 7.01. The first-order valence-corrected chi connectivity index (χ1v) is 10.7. The van der Waals surface area contributed by atoms with Crippen LogP contribution in [0.3, 0.4) is 0 Å². The zero-order valence-electron chi connectivity index (χ0n) is 14.7. The van der Waals surface area contributed by atoms with Gasteiger partial charge in [-0.3, -0.25) is 4.79 Å². The molecule has 25 heavy (non-hydrogen) atoms. The number of carbonyl (C=O) groups is 1. The van der Waals surface area contributed by atoms with E-state index in [1.165, 1.54) is 25.5 Å². The van der Waals surface area contributed by atoms with Gasteiger partial charge < -0.3 is 10.6 Å². The predicted octanol–water partition coefficient (Wildman–Crippen LogP) is 2.82. The standard InChI is InChI=1S/C18H26N2O3S.ClH/c1-12-14(11-24(2,22)23)7-5-9-15(12)20-18(21)17-10-13-6-3-4-8-16(13)19-17;/h5,7,9,13,16-17,19H,3-4,6,8,10-11H2,1-2H3,(H,20,21);1H. The molecule has 5 nitrogen and oxygen atoms in total. The SMILES string of the molecule is Cc1c(CS(C)(=O)=O)cccc1NC(=O)C1CC2CCCCC2N1.Cl. The van der Waals surface area contributed by atoms with E-state index < -0.39 is 9.84 Å². The zero-order chi connectivity index (χ0) is 17.3. The third-order valence-electron chi connectivity index (χ3n) is 5.30. The lowest BCUT2D eigenvalue weighted by molar-refractivity contribution is -0.117. The Balaban J connectivity index is 0.00000225. The number of fused-ring (bicyclic) bond motifs is 1. The average molecular weight is 387 g/mol. The summed E-state index contributed by atoms with van der Waals surface area (Å²) in [5, 5.41) is 6.47. The van der Waals surface area contributed by atoms with Crippen molar-refractivity contribution < 1.29 is 13.2 Å². The lowest BCUT2D eigenvalue weighted by Crippen LogP contribution is -2.40. The maximum atomic E-state index is 12.6. The van der Waals surface area contributed by atoms with E-state index in [9.17, 15) is 13.2 Å². The topological polar surface area (TPSA) is 75.3 Å². The Morgan fingerprint density at radius 3 is 2.68 bits per heavy atom. The van der Waals surface area contributed by atoms with Crippen molar-refractivity contribution in [3.05, 3.63) is 29.3 Å². The molecule has 2 aliphatic rings. The van der Waals surface area contributed by atoms with E-state index in [0.717, 1.165) is 24.0 Å². The molecule has 1 aliphatic heterocycles. The molecule has 1 aromatic carbocycles. The summed E-state index contributed by atoms with van der Waals surface area (Å²) in [6.45, 7) is 1.86. The van der Waals surface area contributed by atoms with Gasteiger partial charge in [0.15, 0.2) is 9.84 Å². The van der Waals surface area contributed by atoms with Gasteiger partial charge in [0, 0.05) is 18.0 Å². The molecule has 0 aromatic heterocycles. The summed E-state index contributed by atoms with van der Waals surface area (Å²) in [7, 11) is -3.10. The van der Waals surface area contributed by atoms with Crippen LogP contribution < -0.4 is 10.6 Å². The summed E-state index contributed by atoms with van der Waals surface area (Å²) < 4.78 is 23.1. The van der Waals surface area contributed by atoms with E-state index in [0.29, 0.717) is 17.6 Å². The minimum Gasteiger partial charge on any atom is -0.324 e. The second kappa shape index (κ2) is 8.06. The van der Waals surface area contributed by atoms with Gasteiger partial charge in [-0.1, -0.05) is 25.0 Å².